The molecule has 1 aliphatic heterocycles. The first-order chi connectivity index (χ1) is 6.81. The van der Waals surface area contributed by atoms with Gasteiger partial charge in [0.05, 0.1) is 0 Å². The molecule has 15 heavy (non-hydrogen) atoms. The summed E-state index contributed by atoms with van der Waals surface area (Å²) >= 11 is 0. The molecule has 0 saturated carbocycles. The molecule has 0 aromatic heterocycles. The van der Waals surface area contributed by atoms with Gasteiger partial charge in [0.25, 0.3) is 0 Å². The van der Waals surface area contributed by atoms with E-state index in [1.807, 2.05) is 0 Å². The summed E-state index contributed by atoms with van der Waals surface area (Å²) < 4.78 is 0. The summed E-state index contributed by atoms with van der Waals surface area (Å²) in [4.78, 5) is 0. The van der Waals surface area contributed by atoms with Crippen molar-refractivity contribution in [2.24, 2.45) is 0 Å². The van der Waals surface area contributed by atoms with Crippen LogP contribution in [0.3, 0.4) is 0 Å². The van der Waals surface area contributed by atoms with Gasteiger partial charge in [-0.05, 0) is 35.2 Å². The lowest BCUT2D eigenvalue weighted by Crippen LogP contribution is -2.38. The summed E-state index contributed by atoms with van der Waals surface area (Å²) in [7, 11) is 0.175. The summed E-state index contributed by atoms with van der Waals surface area (Å²) in [5.74, 6) is 0. The second-order valence-electron chi connectivity index (χ2n) is 6.53. The fraction of sp³-hybridized carbons (Fsp3) is 1.00. The Hall–Kier alpha value is 0.430. The van der Waals surface area contributed by atoms with E-state index in [0.717, 1.165) is 5.66 Å². The van der Waals surface area contributed by atoms with Gasteiger partial charge in [0.15, 0.2) is 0 Å². The fourth-order valence-corrected chi connectivity index (χ4v) is 9.13. The lowest BCUT2D eigenvalue weighted by molar-refractivity contribution is 0.452. The Labute approximate surface area is 98.0 Å². The minimum atomic E-state index is 0.175. The highest BCUT2D eigenvalue weighted by molar-refractivity contribution is 7.61. The van der Waals surface area contributed by atoms with Gasteiger partial charge in [-0.1, -0.05) is 62.3 Å². The van der Waals surface area contributed by atoms with Crippen molar-refractivity contribution in [3.8, 4) is 0 Å². The molecule has 0 spiro atoms. The Bertz CT molecular complexity index is 200. The van der Waals surface area contributed by atoms with Crippen molar-refractivity contribution >= 4 is 7.92 Å². The van der Waals surface area contributed by atoms with Crippen LogP contribution < -0.4 is 0 Å². The third-order valence-corrected chi connectivity index (χ3v) is 8.07. The highest BCUT2D eigenvalue weighted by Gasteiger charge is 2.44. The van der Waals surface area contributed by atoms with Gasteiger partial charge in [-0.15, -0.1) is 0 Å². The van der Waals surface area contributed by atoms with E-state index in [1.54, 1.807) is 0 Å². The van der Waals surface area contributed by atoms with Crippen LogP contribution in [0.15, 0.2) is 0 Å². The maximum Gasteiger partial charge on any atom is -0.0116 e. The van der Waals surface area contributed by atoms with E-state index in [-0.39, 0.29) is 7.92 Å². The van der Waals surface area contributed by atoms with Crippen molar-refractivity contribution in [3.63, 3.8) is 0 Å². The summed E-state index contributed by atoms with van der Waals surface area (Å²) in [6.07, 6.45) is 7.22. The first-order valence-electron chi connectivity index (χ1n) is 6.61. The van der Waals surface area contributed by atoms with Crippen LogP contribution in [0.1, 0.15) is 73.6 Å². The lowest BCUT2D eigenvalue weighted by atomic mass is 9.96. The van der Waals surface area contributed by atoms with Gasteiger partial charge < -0.3 is 0 Å². The Kier molecular flexibility index (Phi) is 4.27. The van der Waals surface area contributed by atoms with E-state index in [4.69, 9.17) is 0 Å². The van der Waals surface area contributed by atoms with Crippen molar-refractivity contribution in [2.45, 2.75) is 89.6 Å². The minimum absolute atomic E-state index is 0.175. The molecule has 0 N–H and O–H groups in total. The second-order valence-corrected chi connectivity index (χ2v) is 10.6. The SMILES string of the molecule is CCCC1(C)CCCC(C)P1C(C)(C)C. The smallest absolute Gasteiger partial charge is 0.0116 e. The number of hydrogen-bond donors (Lipinski definition) is 0. The van der Waals surface area contributed by atoms with Gasteiger partial charge in [0.1, 0.15) is 0 Å². The van der Waals surface area contributed by atoms with Crippen LogP contribution in [0.2, 0.25) is 0 Å². The monoisotopic (exact) mass is 228 g/mol. The van der Waals surface area contributed by atoms with Gasteiger partial charge in [-0.3, -0.25) is 0 Å². The number of hydrogen-bond acceptors (Lipinski definition) is 0. The van der Waals surface area contributed by atoms with Crippen LogP contribution in [0, 0.1) is 0 Å². The molecule has 0 bridgehead atoms. The largest absolute Gasteiger partial charge is 0.0922 e. The third kappa shape index (κ3) is 2.96. The van der Waals surface area contributed by atoms with Crippen molar-refractivity contribution in [1.82, 2.24) is 0 Å². The zero-order chi connectivity index (χ0) is 11.7. The summed E-state index contributed by atoms with van der Waals surface area (Å²) in [6, 6.07) is 0. The predicted molar refractivity (Wildman–Crippen MR) is 73.3 cm³/mol. The van der Waals surface area contributed by atoms with E-state index in [1.165, 1.54) is 32.1 Å². The average Bonchev–Trinajstić information content (AvgIpc) is 2.00. The first-order valence-corrected chi connectivity index (χ1v) is 8.02. The molecule has 1 heterocycles. The third-order valence-electron chi connectivity index (χ3n) is 3.87. The molecule has 90 valence electrons. The highest BCUT2D eigenvalue weighted by Crippen LogP contribution is 2.68. The molecule has 1 aliphatic rings. The van der Waals surface area contributed by atoms with Gasteiger partial charge in [-0.25, -0.2) is 0 Å². The van der Waals surface area contributed by atoms with Crippen LogP contribution in [-0.4, -0.2) is 16.0 Å². The van der Waals surface area contributed by atoms with Crippen LogP contribution in [0.5, 0.6) is 0 Å². The predicted octanol–water partition coefficient (Wildman–Crippen LogP) is 5.40. The molecule has 3 unspecified atom stereocenters. The molecule has 0 amide bonds. The summed E-state index contributed by atoms with van der Waals surface area (Å²) in [5, 5.41) is 1.21. The molecule has 3 atom stereocenters. The van der Waals surface area contributed by atoms with Crippen LogP contribution >= 0.6 is 7.92 Å². The number of rotatable bonds is 2. The maximum atomic E-state index is 2.57. The zero-order valence-corrected chi connectivity index (χ0v) is 12.5. The molecule has 1 heteroatoms. The van der Waals surface area contributed by atoms with E-state index >= 15 is 0 Å². The maximum absolute atomic E-state index is 2.57. The molecule has 0 radical (unpaired) electrons. The molecule has 1 rings (SSSR count). The first kappa shape index (κ1) is 13.5. The van der Waals surface area contributed by atoms with Crippen molar-refractivity contribution in [1.29, 1.82) is 0 Å². The normalized spacial score (nSPS) is 38.0. The molecular formula is C14H29P. The van der Waals surface area contributed by atoms with Gasteiger partial charge in [0, 0.05) is 0 Å². The van der Waals surface area contributed by atoms with Crippen molar-refractivity contribution in [3.05, 3.63) is 0 Å². The minimum Gasteiger partial charge on any atom is -0.0922 e. The van der Waals surface area contributed by atoms with E-state index in [2.05, 4.69) is 41.5 Å². The quantitative estimate of drug-likeness (QED) is 0.555. The fourth-order valence-electron chi connectivity index (χ4n) is 3.81. The van der Waals surface area contributed by atoms with Gasteiger partial charge in [-0.2, -0.15) is 0 Å². The summed E-state index contributed by atoms with van der Waals surface area (Å²) in [5.41, 5.74) is 0.977. The van der Waals surface area contributed by atoms with Crippen molar-refractivity contribution < 1.29 is 0 Å². The van der Waals surface area contributed by atoms with E-state index in [0.29, 0.717) is 10.3 Å². The molecular weight excluding hydrogens is 199 g/mol. The molecule has 0 nitrogen and oxygen atoms in total. The van der Waals surface area contributed by atoms with E-state index in [9.17, 15) is 0 Å². The molecule has 1 fully saturated rings. The van der Waals surface area contributed by atoms with Gasteiger partial charge in [0.2, 0.25) is 0 Å². The van der Waals surface area contributed by atoms with Gasteiger partial charge >= 0.3 is 0 Å². The zero-order valence-electron chi connectivity index (χ0n) is 11.6. The Balaban J connectivity index is 2.91. The average molecular weight is 228 g/mol. The second kappa shape index (κ2) is 4.74. The standard InChI is InChI=1S/C14H29P/c1-7-10-14(6)11-8-9-12(2)15(14)13(3,4)5/h12H,7-11H2,1-6H3. The lowest BCUT2D eigenvalue weighted by Gasteiger charge is -2.52. The topological polar surface area (TPSA) is 0 Å². The molecule has 1 saturated heterocycles. The Morgan fingerprint density at radius 2 is 1.93 bits per heavy atom. The van der Waals surface area contributed by atoms with Crippen molar-refractivity contribution in [2.75, 3.05) is 0 Å². The highest BCUT2D eigenvalue weighted by atomic mass is 31.1. The Morgan fingerprint density at radius 3 is 2.40 bits per heavy atom. The van der Waals surface area contributed by atoms with Crippen LogP contribution in [0.25, 0.3) is 0 Å². The summed E-state index contributed by atoms with van der Waals surface area (Å²) in [6.45, 7) is 14.8. The van der Waals surface area contributed by atoms with E-state index < -0.39 is 0 Å². The van der Waals surface area contributed by atoms with Crippen LogP contribution in [-0.2, 0) is 0 Å². The van der Waals surface area contributed by atoms with Crippen LogP contribution in [0.4, 0.5) is 0 Å². The molecule has 0 aromatic rings. The Morgan fingerprint density at radius 1 is 1.33 bits per heavy atom. The molecule has 0 aromatic carbocycles. The molecule has 0 aliphatic carbocycles.